The van der Waals surface area contributed by atoms with Gasteiger partial charge in [0, 0.05) is 18.8 Å². The van der Waals surface area contributed by atoms with Gasteiger partial charge in [0.2, 0.25) is 0 Å². The molecule has 1 amide bonds. The first-order valence-corrected chi connectivity index (χ1v) is 8.23. The van der Waals surface area contributed by atoms with Crippen LogP contribution in [-0.2, 0) is 0 Å². The third-order valence-electron chi connectivity index (χ3n) is 3.22. The largest absolute Gasteiger partial charge is 0.395 e. The number of halogens is 1. The van der Waals surface area contributed by atoms with Gasteiger partial charge in [0.25, 0.3) is 5.91 Å². The summed E-state index contributed by atoms with van der Waals surface area (Å²) in [6.07, 6.45) is 4.94. The molecule has 0 bridgehead atoms. The highest BCUT2D eigenvalue weighted by Gasteiger charge is 2.22. The molecule has 0 atom stereocenters. The highest BCUT2D eigenvalue weighted by Crippen LogP contribution is 2.23. The van der Waals surface area contributed by atoms with Crippen molar-refractivity contribution in [2.45, 2.75) is 5.16 Å². The van der Waals surface area contributed by atoms with E-state index in [2.05, 4.69) is 11.6 Å². The molecule has 1 aromatic carbocycles. The number of carbonyl (C=O) groups is 1. The summed E-state index contributed by atoms with van der Waals surface area (Å²) in [5.41, 5.74) is 1.01. The molecule has 1 heterocycles. The minimum absolute atomic E-state index is 0.139. The molecule has 0 unspecified atom stereocenters. The monoisotopic (exact) mass is 335 g/mol. The van der Waals surface area contributed by atoms with Gasteiger partial charge in [-0.05, 0) is 30.5 Å². The second kappa shape index (κ2) is 7.94. The topological polar surface area (TPSA) is 58.4 Å². The lowest BCUT2D eigenvalue weighted by atomic mass is 10.3. The molecule has 1 aromatic heterocycles. The maximum atomic E-state index is 13.2. The van der Waals surface area contributed by atoms with Crippen LogP contribution in [0.2, 0.25) is 0 Å². The van der Waals surface area contributed by atoms with Crippen molar-refractivity contribution in [1.29, 1.82) is 0 Å². The van der Waals surface area contributed by atoms with Gasteiger partial charge in [-0.15, -0.1) is 6.58 Å². The van der Waals surface area contributed by atoms with Crippen molar-refractivity contribution in [3.63, 3.8) is 0 Å². The number of thioether (sulfide) groups is 1. The molecular formula is C16H18FN3O2S. The maximum absolute atomic E-state index is 13.2. The summed E-state index contributed by atoms with van der Waals surface area (Å²) in [5, 5.41) is 9.76. The highest BCUT2D eigenvalue weighted by atomic mass is 32.2. The van der Waals surface area contributed by atoms with Crippen molar-refractivity contribution in [2.75, 3.05) is 26.0 Å². The number of benzene rings is 1. The predicted molar refractivity (Wildman–Crippen MR) is 88.5 cm³/mol. The van der Waals surface area contributed by atoms with Gasteiger partial charge >= 0.3 is 0 Å². The van der Waals surface area contributed by atoms with Crippen LogP contribution in [0, 0.1) is 5.82 Å². The normalized spacial score (nSPS) is 10.6. The second-order valence-electron chi connectivity index (χ2n) is 4.71. The Balaban J connectivity index is 2.46. The number of aliphatic hydroxyl groups excluding tert-OH is 1. The number of amides is 1. The third-order valence-corrected chi connectivity index (χ3v) is 3.88. The van der Waals surface area contributed by atoms with Crippen LogP contribution in [0.25, 0.3) is 5.69 Å². The Morgan fingerprint density at radius 1 is 1.48 bits per heavy atom. The van der Waals surface area contributed by atoms with Crippen LogP contribution < -0.4 is 0 Å². The van der Waals surface area contributed by atoms with Crippen molar-refractivity contribution in [1.82, 2.24) is 14.5 Å². The van der Waals surface area contributed by atoms with Gasteiger partial charge in [-0.2, -0.15) is 0 Å². The van der Waals surface area contributed by atoms with Gasteiger partial charge in [0.1, 0.15) is 11.5 Å². The second-order valence-corrected chi connectivity index (χ2v) is 5.48. The number of hydrogen-bond donors (Lipinski definition) is 1. The van der Waals surface area contributed by atoms with E-state index < -0.39 is 0 Å². The molecule has 2 rings (SSSR count). The van der Waals surface area contributed by atoms with Crippen LogP contribution in [0.3, 0.4) is 0 Å². The zero-order valence-corrected chi connectivity index (χ0v) is 13.6. The molecule has 0 saturated carbocycles. The van der Waals surface area contributed by atoms with Crippen molar-refractivity contribution in [3.8, 4) is 5.69 Å². The van der Waals surface area contributed by atoms with Crippen LogP contribution >= 0.6 is 11.8 Å². The number of hydrogen-bond acceptors (Lipinski definition) is 4. The zero-order valence-electron chi connectivity index (χ0n) is 12.8. The molecule has 0 saturated heterocycles. The number of carbonyl (C=O) groups excluding carboxylic acids is 1. The quantitative estimate of drug-likeness (QED) is 0.623. The number of rotatable bonds is 7. The summed E-state index contributed by atoms with van der Waals surface area (Å²) in [7, 11) is 0. The highest BCUT2D eigenvalue weighted by molar-refractivity contribution is 7.98. The van der Waals surface area contributed by atoms with Crippen LogP contribution in [-0.4, -0.2) is 51.4 Å². The molecule has 23 heavy (non-hydrogen) atoms. The van der Waals surface area contributed by atoms with E-state index in [9.17, 15) is 9.18 Å². The fourth-order valence-corrected chi connectivity index (χ4v) is 2.73. The molecule has 0 aliphatic heterocycles. The lowest BCUT2D eigenvalue weighted by Gasteiger charge is -2.21. The first-order chi connectivity index (χ1) is 11.1. The van der Waals surface area contributed by atoms with Gasteiger partial charge in [-0.1, -0.05) is 17.8 Å². The molecule has 0 aliphatic carbocycles. The van der Waals surface area contributed by atoms with E-state index in [1.54, 1.807) is 22.8 Å². The SMILES string of the molecule is C=CCN(CCO)C(=O)c1cnc(SC)n1-c1ccc(F)cc1. The van der Waals surface area contributed by atoms with E-state index in [0.717, 1.165) is 0 Å². The molecule has 0 aliphatic rings. The van der Waals surface area contributed by atoms with Gasteiger partial charge in [0.05, 0.1) is 12.8 Å². The van der Waals surface area contributed by atoms with Crippen LogP contribution in [0.1, 0.15) is 10.5 Å². The summed E-state index contributed by atoms with van der Waals surface area (Å²) in [4.78, 5) is 18.5. The van der Waals surface area contributed by atoms with E-state index >= 15 is 0 Å². The Hall–Kier alpha value is -2.12. The average molecular weight is 335 g/mol. The maximum Gasteiger partial charge on any atom is 0.272 e. The standard InChI is InChI=1S/C16H18FN3O2S/c1-3-8-19(9-10-21)15(22)14-11-18-16(23-2)20(14)13-6-4-12(17)5-7-13/h3-7,11,21H,1,8-10H2,2H3. The van der Waals surface area contributed by atoms with Crippen LogP contribution in [0.4, 0.5) is 4.39 Å². The van der Waals surface area contributed by atoms with Gasteiger partial charge in [0.15, 0.2) is 5.16 Å². The average Bonchev–Trinajstić information content (AvgIpc) is 2.98. The first-order valence-electron chi connectivity index (χ1n) is 7.01. The lowest BCUT2D eigenvalue weighted by molar-refractivity contribution is 0.0734. The van der Waals surface area contributed by atoms with Crippen molar-refractivity contribution < 1.29 is 14.3 Å². The Morgan fingerprint density at radius 2 is 2.17 bits per heavy atom. The summed E-state index contributed by atoms with van der Waals surface area (Å²) >= 11 is 1.39. The molecule has 1 N–H and O–H groups in total. The van der Waals surface area contributed by atoms with E-state index in [1.807, 2.05) is 6.26 Å². The molecule has 0 radical (unpaired) electrons. The van der Waals surface area contributed by atoms with E-state index in [1.165, 1.54) is 35.0 Å². The van der Waals surface area contributed by atoms with E-state index in [0.29, 0.717) is 23.1 Å². The number of nitrogens with zero attached hydrogens (tertiary/aromatic N) is 3. The lowest BCUT2D eigenvalue weighted by Crippen LogP contribution is -2.34. The van der Waals surface area contributed by atoms with Crippen molar-refractivity contribution >= 4 is 17.7 Å². The molecule has 0 spiro atoms. The molecule has 0 fully saturated rings. The predicted octanol–water partition coefficient (Wildman–Crippen LogP) is 2.35. The molecule has 5 nitrogen and oxygen atoms in total. The number of imidazole rings is 1. The van der Waals surface area contributed by atoms with Crippen LogP contribution in [0.5, 0.6) is 0 Å². The van der Waals surface area contributed by atoms with Crippen molar-refractivity contribution in [2.24, 2.45) is 0 Å². The summed E-state index contributed by atoms with van der Waals surface area (Å²) < 4.78 is 14.8. The Bertz CT molecular complexity index is 685. The van der Waals surface area contributed by atoms with E-state index in [-0.39, 0.29) is 24.9 Å². The summed E-state index contributed by atoms with van der Waals surface area (Å²) in [5.74, 6) is -0.614. The molecule has 122 valence electrons. The molecule has 7 heteroatoms. The summed E-state index contributed by atoms with van der Waals surface area (Å²) in [6.45, 7) is 4.01. The number of aliphatic hydroxyl groups is 1. The molecule has 2 aromatic rings. The third kappa shape index (κ3) is 3.80. The smallest absolute Gasteiger partial charge is 0.272 e. The Kier molecular flexibility index (Phi) is 5.95. The summed E-state index contributed by atoms with van der Waals surface area (Å²) in [6, 6.07) is 5.86. The Labute approximate surface area is 138 Å². The molecular weight excluding hydrogens is 317 g/mol. The minimum Gasteiger partial charge on any atom is -0.395 e. The fourth-order valence-electron chi connectivity index (χ4n) is 2.18. The van der Waals surface area contributed by atoms with Gasteiger partial charge in [-0.25, -0.2) is 9.37 Å². The minimum atomic E-state index is -0.346. The van der Waals surface area contributed by atoms with Gasteiger partial charge < -0.3 is 10.0 Å². The number of aromatic nitrogens is 2. The first kappa shape index (κ1) is 17.2. The van der Waals surface area contributed by atoms with E-state index in [4.69, 9.17) is 5.11 Å². The van der Waals surface area contributed by atoms with Crippen molar-refractivity contribution in [3.05, 3.63) is 54.6 Å². The van der Waals surface area contributed by atoms with Gasteiger partial charge in [-0.3, -0.25) is 9.36 Å². The Morgan fingerprint density at radius 3 is 2.74 bits per heavy atom. The fraction of sp³-hybridized carbons (Fsp3) is 0.250. The van der Waals surface area contributed by atoms with Crippen LogP contribution in [0.15, 0.2) is 48.3 Å². The zero-order chi connectivity index (χ0) is 16.8.